The molecule has 0 fully saturated rings. The van der Waals surface area contributed by atoms with Crippen molar-refractivity contribution in [3.63, 3.8) is 0 Å². The number of hydrogen-bond donors (Lipinski definition) is 1. The van der Waals surface area contributed by atoms with Crippen LogP contribution in [0.5, 0.6) is 11.5 Å². The molecule has 2 aromatic rings. The van der Waals surface area contributed by atoms with Gasteiger partial charge in [-0.3, -0.25) is 0 Å². The maximum absolute atomic E-state index is 13.1. The minimum absolute atomic E-state index is 0.243. The highest BCUT2D eigenvalue weighted by molar-refractivity contribution is 8.03. The van der Waals surface area contributed by atoms with Gasteiger partial charge in [0.25, 0.3) is 0 Å². The molecule has 8 heteroatoms. The Kier molecular flexibility index (Phi) is 7.21. The first kappa shape index (κ1) is 22.1. The summed E-state index contributed by atoms with van der Waals surface area (Å²) in [5, 5.41) is 9.94. The average Bonchev–Trinajstić information content (AvgIpc) is 2.79. The van der Waals surface area contributed by atoms with E-state index in [0.29, 0.717) is 32.1 Å². The minimum Gasteiger partial charge on any atom is -0.486 e. The van der Waals surface area contributed by atoms with Crippen molar-refractivity contribution in [2.24, 2.45) is 0 Å². The van der Waals surface area contributed by atoms with E-state index in [2.05, 4.69) is 4.90 Å². The van der Waals surface area contributed by atoms with E-state index < -0.39 is 6.16 Å². The number of benzene rings is 2. The topological polar surface area (TPSA) is 68.2 Å². The van der Waals surface area contributed by atoms with Gasteiger partial charge in [-0.2, -0.15) is 0 Å². The monoisotopic (exact) mass is 457 g/mol. The number of aryl methyl sites for hydroxylation is 1. The first-order valence-electron chi connectivity index (χ1n) is 10.4. The average molecular weight is 458 g/mol. The van der Waals surface area contributed by atoms with E-state index in [0.717, 1.165) is 46.2 Å². The van der Waals surface area contributed by atoms with E-state index in [1.807, 2.05) is 24.3 Å². The summed E-state index contributed by atoms with van der Waals surface area (Å²) in [7, 11) is 0. The number of fused-ring (bicyclic) bond motifs is 1. The van der Waals surface area contributed by atoms with Crippen LogP contribution in [0.15, 0.2) is 65.4 Å². The van der Waals surface area contributed by atoms with E-state index in [1.165, 1.54) is 12.1 Å². The Morgan fingerprint density at radius 1 is 1.09 bits per heavy atom. The number of allylic oxidation sites excluding steroid dienone is 1. The summed E-state index contributed by atoms with van der Waals surface area (Å²) in [4.78, 5) is 13.3. The first-order chi connectivity index (χ1) is 15.6. The fourth-order valence-electron chi connectivity index (χ4n) is 3.57. The van der Waals surface area contributed by atoms with Crippen molar-refractivity contribution in [1.29, 1.82) is 0 Å². The summed E-state index contributed by atoms with van der Waals surface area (Å²) in [6, 6.07) is 12.3. The van der Waals surface area contributed by atoms with Gasteiger partial charge in [-0.15, -0.1) is 11.8 Å². The van der Waals surface area contributed by atoms with Crippen LogP contribution >= 0.6 is 11.8 Å². The van der Waals surface area contributed by atoms with Crippen molar-refractivity contribution in [2.75, 3.05) is 25.5 Å². The van der Waals surface area contributed by atoms with Crippen LogP contribution < -0.4 is 9.47 Å². The van der Waals surface area contributed by atoms with E-state index in [9.17, 15) is 9.18 Å². The van der Waals surface area contributed by atoms with Gasteiger partial charge in [0.05, 0.1) is 0 Å². The van der Waals surface area contributed by atoms with Gasteiger partial charge >= 0.3 is 6.16 Å². The van der Waals surface area contributed by atoms with Crippen molar-refractivity contribution < 1.29 is 28.5 Å². The summed E-state index contributed by atoms with van der Waals surface area (Å²) in [6.07, 6.45) is 3.93. The van der Waals surface area contributed by atoms with Gasteiger partial charge in [-0.05, 0) is 60.1 Å². The smallest absolute Gasteiger partial charge is 0.486 e. The summed E-state index contributed by atoms with van der Waals surface area (Å²) in [6.45, 7) is 2.28. The van der Waals surface area contributed by atoms with Gasteiger partial charge in [0.15, 0.2) is 17.3 Å². The predicted molar refractivity (Wildman–Crippen MR) is 120 cm³/mol. The molecule has 2 aliphatic rings. The van der Waals surface area contributed by atoms with Crippen LogP contribution in [-0.4, -0.2) is 41.7 Å². The van der Waals surface area contributed by atoms with Gasteiger partial charge in [0.2, 0.25) is 0 Å². The molecular formula is C24H24FNO5S. The fourth-order valence-corrected chi connectivity index (χ4v) is 4.63. The summed E-state index contributed by atoms with van der Waals surface area (Å²) in [5.41, 5.74) is 2.10. The zero-order valence-corrected chi connectivity index (χ0v) is 18.3. The largest absolute Gasteiger partial charge is 0.511 e. The Hall–Kier alpha value is -3.13. The maximum Gasteiger partial charge on any atom is 0.511 e. The second-order valence-corrected chi connectivity index (χ2v) is 8.46. The van der Waals surface area contributed by atoms with Crippen LogP contribution in [-0.2, 0) is 17.7 Å². The maximum atomic E-state index is 13.1. The van der Waals surface area contributed by atoms with Crippen LogP contribution in [0.2, 0.25) is 0 Å². The molecule has 2 heterocycles. The zero-order chi connectivity index (χ0) is 22.3. The standard InChI is InChI=1S/C24H24FNO5S/c25-19-8-5-17(6-9-19)3-2-14-32-23-21(31-24(27)28)4-1-11-26(23)16-18-7-10-20-22(15-18)30-13-12-29-20/h1,4-10,15H,2-3,11-14,16H2,(H,27,28). The number of carboxylic acid groups (broad SMARTS) is 1. The SMILES string of the molecule is O=C(O)OC1=C(SCCCc2ccc(F)cc2)N(Cc2ccc3c(c2)OCCO3)CC=C1. The number of carbonyl (C=O) groups is 1. The normalized spacial score (nSPS) is 15.1. The molecule has 2 aliphatic heterocycles. The molecule has 2 aromatic carbocycles. The minimum atomic E-state index is -1.34. The summed E-state index contributed by atoms with van der Waals surface area (Å²) in [5.74, 6) is 2.31. The molecule has 0 radical (unpaired) electrons. The lowest BCUT2D eigenvalue weighted by atomic mass is 10.1. The number of nitrogens with zero attached hydrogens (tertiary/aromatic N) is 1. The number of thioether (sulfide) groups is 1. The van der Waals surface area contributed by atoms with Crippen molar-refractivity contribution in [3.05, 3.63) is 82.3 Å². The van der Waals surface area contributed by atoms with Crippen LogP contribution in [0.1, 0.15) is 17.5 Å². The third kappa shape index (κ3) is 5.76. The molecule has 32 heavy (non-hydrogen) atoms. The number of hydrogen-bond acceptors (Lipinski definition) is 6. The number of halogens is 1. The molecule has 0 unspecified atom stereocenters. The highest BCUT2D eigenvalue weighted by Gasteiger charge is 2.21. The molecule has 0 aliphatic carbocycles. The number of ether oxygens (including phenoxy) is 3. The molecule has 0 atom stereocenters. The van der Waals surface area contributed by atoms with Crippen LogP contribution in [0.25, 0.3) is 0 Å². The second kappa shape index (κ2) is 10.5. The molecule has 168 valence electrons. The van der Waals surface area contributed by atoms with Gasteiger partial charge in [-0.25, -0.2) is 9.18 Å². The highest BCUT2D eigenvalue weighted by atomic mass is 32.2. The molecule has 0 bridgehead atoms. The van der Waals surface area contributed by atoms with Crippen molar-refractivity contribution in [3.8, 4) is 11.5 Å². The van der Waals surface area contributed by atoms with Gasteiger partial charge in [0.1, 0.15) is 24.1 Å². The first-order valence-corrected chi connectivity index (χ1v) is 11.4. The van der Waals surface area contributed by atoms with Crippen LogP contribution in [0, 0.1) is 5.82 Å². The summed E-state index contributed by atoms with van der Waals surface area (Å²) >= 11 is 1.56. The quantitative estimate of drug-likeness (QED) is 0.432. The Morgan fingerprint density at radius 2 is 1.84 bits per heavy atom. The fraction of sp³-hybridized carbons (Fsp3) is 0.292. The Bertz CT molecular complexity index is 1020. The van der Waals surface area contributed by atoms with E-state index >= 15 is 0 Å². The predicted octanol–water partition coefficient (Wildman–Crippen LogP) is 5.20. The van der Waals surface area contributed by atoms with E-state index in [-0.39, 0.29) is 5.82 Å². The van der Waals surface area contributed by atoms with Crippen molar-refractivity contribution in [2.45, 2.75) is 19.4 Å². The van der Waals surface area contributed by atoms with E-state index in [1.54, 1.807) is 30.0 Å². The van der Waals surface area contributed by atoms with Crippen LogP contribution in [0.3, 0.4) is 0 Å². The van der Waals surface area contributed by atoms with Crippen LogP contribution in [0.4, 0.5) is 9.18 Å². The van der Waals surface area contributed by atoms with Crippen molar-refractivity contribution in [1.82, 2.24) is 4.90 Å². The number of rotatable bonds is 8. The third-order valence-corrected chi connectivity index (χ3v) is 6.26. The second-order valence-electron chi connectivity index (χ2n) is 7.38. The molecule has 6 nitrogen and oxygen atoms in total. The molecular weight excluding hydrogens is 433 g/mol. The summed E-state index contributed by atoms with van der Waals surface area (Å²) < 4.78 is 29.4. The lowest BCUT2D eigenvalue weighted by Crippen LogP contribution is -2.26. The van der Waals surface area contributed by atoms with E-state index in [4.69, 9.17) is 19.3 Å². The lowest BCUT2D eigenvalue weighted by Gasteiger charge is -2.30. The Balaban J connectivity index is 1.44. The zero-order valence-electron chi connectivity index (χ0n) is 17.5. The van der Waals surface area contributed by atoms with Gasteiger partial charge in [-0.1, -0.05) is 24.3 Å². The molecule has 0 spiro atoms. The van der Waals surface area contributed by atoms with Gasteiger partial charge in [0, 0.05) is 13.1 Å². The molecule has 0 amide bonds. The molecule has 1 N–H and O–H groups in total. The highest BCUT2D eigenvalue weighted by Crippen LogP contribution is 2.34. The molecule has 0 saturated carbocycles. The molecule has 0 saturated heterocycles. The lowest BCUT2D eigenvalue weighted by molar-refractivity contribution is 0.119. The Morgan fingerprint density at radius 3 is 2.62 bits per heavy atom. The third-order valence-electron chi connectivity index (χ3n) is 5.03. The van der Waals surface area contributed by atoms with Gasteiger partial charge < -0.3 is 24.2 Å². The molecule has 4 rings (SSSR count). The van der Waals surface area contributed by atoms with Crippen molar-refractivity contribution >= 4 is 17.9 Å². The Labute approximate surface area is 190 Å². The molecule has 0 aromatic heterocycles.